The van der Waals surface area contributed by atoms with E-state index in [-0.39, 0.29) is 11.3 Å². The van der Waals surface area contributed by atoms with Crippen LogP contribution in [0.2, 0.25) is 0 Å². The topological polar surface area (TPSA) is 73.2 Å². The molecule has 4 aromatic rings. The van der Waals surface area contributed by atoms with Crippen LogP contribution in [-0.2, 0) is 0 Å². The standard InChI is InChI=1S/C22H17N3O3/c1-28-20-17-9-5-6-10-18(17)25(16-7-3-2-4-8-16)22(27)19(20)21(26)24-15-11-13-23-14-12-15/h2-14H,1H3,(H,23,24,26). The van der Waals surface area contributed by atoms with Gasteiger partial charge in [-0.15, -0.1) is 0 Å². The van der Waals surface area contributed by atoms with E-state index in [1.165, 1.54) is 11.7 Å². The number of carbonyl (C=O) groups excluding carboxylic acids is 1. The number of hydrogen-bond donors (Lipinski definition) is 1. The van der Waals surface area contributed by atoms with Crippen molar-refractivity contribution in [2.75, 3.05) is 12.4 Å². The molecule has 138 valence electrons. The summed E-state index contributed by atoms with van der Waals surface area (Å²) < 4.78 is 7.03. The van der Waals surface area contributed by atoms with E-state index in [9.17, 15) is 9.59 Å². The second-order valence-corrected chi connectivity index (χ2v) is 6.09. The minimum absolute atomic E-state index is 0.0538. The van der Waals surface area contributed by atoms with Gasteiger partial charge in [-0.2, -0.15) is 0 Å². The molecule has 0 fully saturated rings. The van der Waals surface area contributed by atoms with Crippen molar-refractivity contribution in [3.63, 3.8) is 0 Å². The van der Waals surface area contributed by atoms with E-state index in [1.807, 2.05) is 54.6 Å². The van der Waals surface area contributed by atoms with Crippen molar-refractivity contribution in [3.8, 4) is 11.4 Å². The number of anilines is 1. The van der Waals surface area contributed by atoms with E-state index < -0.39 is 11.5 Å². The Bertz CT molecular complexity index is 1200. The minimum Gasteiger partial charge on any atom is -0.495 e. The van der Waals surface area contributed by atoms with E-state index >= 15 is 0 Å². The van der Waals surface area contributed by atoms with Crippen LogP contribution in [0.5, 0.6) is 5.75 Å². The van der Waals surface area contributed by atoms with E-state index in [1.54, 1.807) is 24.5 Å². The van der Waals surface area contributed by atoms with Crippen LogP contribution in [0.25, 0.3) is 16.6 Å². The van der Waals surface area contributed by atoms with Crippen molar-refractivity contribution in [1.29, 1.82) is 0 Å². The lowest BCUT2D eigenvalue weighted by Crippen LogP contribution is -2.29. The molecule has 0 saturated heterocycles. The lowest BCUT2D eigenvalue weighted by Gasteiger charge is -2.17. The van der Waals surface area contributed by atoms with E-state index in [2.05, 4.69) is 10.3 Å². The molecular formula is C22H17N3O3. The maximum Gasteiger partial charge on any atom is 0.272 e. The lowest BCUT2D eigenvalue weighted by molar-refractivity contribution is 0.102. The highest BCUT2D eigenvalue weighted by molar-refractivity contribution is 6.09. The first-order valence-corrected chi connectivity index (χ1v) is 8.69. The van der Waals surface area contributed by atoms with Gasteiger partial charge < -0.3 is 10.1 Å². The molecule has 4 rings (SSSR count). The van der Waals surface area contributed by atoms with Crippen LogP contribution in [0.4, 0.5) is 5.69 Å². The van der Waals surface area contributed by atoms with Gasteiger partial charge in [0.25, 0.3) is 11.5 Å². The van der Waals surface area contributed by atoms with Gasteiger partial charge in [0, 0.05) is 29.2 Å². The summed E-state index contributed by atoms with van der Waals surface area (Å²) in [6.45, 7) is 0. The van der Waals surface area contributed by atoms with Crippen LogP contribution in [0.3, 0.4) is 0 Å². The number of hydrogen-bond acceptors (Lipinski definition) is 4. The summed E-state index contributed by atoms with van der Waals surface area (Å²) in [6, 6.07) is 19.9. The largest absolute Gasteiger partial charge is 0.495 e. The Morgan fingerprint density at radius 2 is 1.64 bits per heavy atom. The Labute approximate surface area is 161 Å². The zero-order valence-electron chi connectivity index (χ0n) is 15.1. The Morgan fingerprint density at radius 3 is 2.36 bits per heavy atom. The first-order chi connectivity index (χ1) is 13.7. The Morgan fingerprint density at radius 1 is 0.964 bits per heavy atom. The van der Waals surface area contributed by atoms with E-state index in [4.69, 9.17) is 4.74 Å². The van der Waals surface area contributed by atoms with Crippen molar-refractivity contribution >= 4 is 22.5 Å². The monoisotopic (exact) mass is 371 g/mol. The number of methoxy groups -OCH3 is 1. The molecule has 2 aromatic heterocycles. The summed E-state index contributed by atoms with van der Waals surface area (Å²) >= 11 is 0. The SMILES string of the molecule is COc1c(C(=O)Nc2ccncc2)c(=O)n(-c2ccccc2)c2ccccc12. The highest BCUT2D eigenvalue weighted by Gasteiger charge is 2.24. The van der Waals surface area contributed by atoms with Crippen LogP contribution in [0.1, 0.15) is 10.4 Å². The Balaban J connectivity index is 1.99. The van der Waals surface area contributed by atoms with Crippen LogP contribution < -0.4 is 15.6 Å². The molecule has 28 heavy (non-hydrogen) atoms. The van der Waals surface area contributed by atoms with Crippen LogP contribution in [0, 0.1) is 0 Å². The third-order valence-electron chi connectivity index (χ3n) is 4.42. The molecule has 1 amide bonds. The molecule has 6 nitrogen and oxygen atoms in total. The number of pyridine rings is 2. The predicted octanol–water partition coefficient (Wildman–Crippen LogP) is 3.65. The number of aromatic nitrogens is 2. The second-order valence-electron chi connectivity index (χ2n) is 6.09. The first-order valence-electron chi connectivity index (χ1n) is 8.69. The Kier molecular flexibility index (Phi) is 4.60. The van der Waals surface area contributed by atoms with Gasteiger partial charge in [0.05, 0.1) is 12.6 Å². The van der Waals surface area contributed by atoms with Crippen LogP contribution >= 0.6 is 0 Å². The lowest BCUT2D eigenvalue weighted by atomic mass is 10.1. The molecule has 1 N–H and O–H groups in total. The maximum absolute atomic E-state index is 13.4. The highest BCUT2D eigenvalue weighted by atomic mass is 16.5. The van der Waals surface area contributed by atoms with Crippen molar-refractivity contribution < 1.29 is 9.53 Å². The Hall–Kier alpha value is -3.93. The van der Waals surface area contributed by atoms with Gasteiger partial charge >= 0.3 is 0 Å². The van der Waals surface area contributed by atoms with Crippen LogP contribution in [0.15, 0.2) is 83.9 Å². The fraction of sp³-hybridized carbons (Fsp3) is 0.0455. The zero-order chi connectivity index (χ0) is 19.5. The second kappa shape index (κ2) is 7.36. The van der Waals surface area contributed by atoms with E-state index in [0.717, 1.165) is 0 Å². The van der Waals surface area contributed by atoms with Crippen molar-refractivity contribution in [1.82, 2.24) is 9.55 Å². The third-order valence-corrected chi connectivity index (χ3v) is 4.42. The van der Waals surface area contributed by atoms with Gasteiger partial charge in [-0.05, 0) is 36.4 Å². The van der Waals surface area contributed by atoms with E-state index in [0.29, 0.717) is 22.3 Å². The van der Waals surface area contributed by atoms with Gasteiger partial charge in [0.2, 0.25) is 0 Å². The average molecular weight is 371 g/mol. The molecule has 6 heteroatoms. The summed E-state index contributed by atoms with van der Waals surface area (Å²) in [5.41, 5.74) is 1.37. The predicted molar refractivity (Wildman–Crippen MR) is 108 cm³/mol. The summed E-state index contributed by atoms with van der Waals surface area (Å²) in [5.74, 6) is -0.289. The quantitative estimate of drug-likeness (QED) is 0.594. The van der Waals surface area contributed by atoms with Crippen LogP contribution in [-0.4, -0.2) is 22.6 Å². The van der Waals surface area contributed by atoms with Gasteiger partial charge in [0.15, 0.2) is 0 Å². The smallest absolute Gasteiger partial charge is 0.272 e. The highest BCUT2D eigenvalue weighted by Crippen LogP contribution is 2.29. The molecule has 0 saturated carbocycles. The number of fused-ring (bicyclic) bond motifs is 1. The number of para-hydroxylation sites is 2. The van der Waals surface area contributed by atoms with Gasteiger partial charge in [-0.25, -0.2) is 0 Å². The molecule has 0 aliphatic carbocycles. The van der Waals surface area contributed by atoms with Gasteiger partial charge in [-0.3, -0.25) is 19.1 Å². The normalized spacial score (nSPS) is 10.6. The van der Waals surface area contributed by atoms with Crippen molar-refractivity contribution in [2.45, 2.75) is 0 Å². The van der Waals surface area contributed by atoms with Crippen molar-refractivity contribution in [2.24, 2.45) is 0 Å². The molecule has 0 unspecified atom stereocenters. The van der Waals surface area contributed by atoms with Crippen molar-refractivity contribution in [3.05, 3.63) is 95.0 Å². The number of benzene rings is 2. The molecule has 0 spiro atoms. The average Bonchev–Trinajstić information content (AvgIpc) is 2.74. The number of ether oxygens (including phenoxy) is 1. The van der Waals surface area contributed by atoms with Gasteiger partial charge in [0.1, 0.15) is 11.3 Å². The molecule has 0 aliphatic rings. The third kappa shape index (κ3) is 3.01. The minimum atomic E-state index is -0.538. The molecule has 0 aliphatic heterocycles. The summed E-state index contributed by atoms with van der Waals surface area (Å²) in [5, 5.41) is 3.42. The molecule has 2 heterocycles. The fourth-order valence-corrected chi connectivity index (χ4v) is 3.19. The zero-order valence-corrected chi connectivity index (χ0v) is 15.1. The maximum atomic E-state index is 13.4. The molecule has 0 radical (unpaired) electrons. The molecule has 2 aromatic carbocycles. The first kappa shape index (κ1) is 17.5. The summed E-state index contributed by atoms with van der Waals surface area (Å²) in [6.07, 6.45) is 3.13. The number of carbonyl (C=O) groups is 1. The number of rotatable bonds is 4. The fourth-order valence-electron chi connectivity index (χ4n) is 3.19. The summed E-state index contributed by atoms with van der Waals surface area (Å²) in [4.78, 5) is 30.4. The summed E-state index contributed by atoms with van der Waals surface area (Å²) in [7, 11) is 1.46. The number of nitrogens with one attached hydrogen (secondary N) is 1. The van der Waals surface area contributed by atoms with Gasteiger partial charge in [-0.1, -0.05) is 30.3 Å². The molecular weight excluding hydrogens is 354 g/mol. The number of amides is 1. The number of nitrogens with zero attached hydrogens (tertiary/aromatic N) is 2. The molecule has 0 atom stereocenters. The molecule has 0 bridgehead atoms.